The molecular formula is C20H29N7O. The van der Waals surface area contributed by atoms with Gasteiger partial charge in [-0.1, -0.05) is 19.9 Å². The summed E-state index contributed by atoms with van der Waals surface area (Å²) < 4.78 is 2.00. The van der Waals surface area contributed by atoms with Crippen molar-refractivity contribution in [1.82, 2.24) is 19.5 Å². The van der Waals surface area contributed by atoms with Crippen molar-refractivity contribution in [2.24, 2.45) is 5.92 Å². The zero-order valence-corrected chi connectivity index (χ0v) is 17.1. The molecule has 0 bridgehead atoms. The molecule has 2 aromatic heterocycles. The van der Waals surface area contributed by atoms with Crippen LogP contribution in [0.2, 0.25) is 0 Å². The van der Waals surface area contributed by atoms with Crippen molar-refractivity contribution in [1.29, 1.82) is 0 Å². The molecule has 3 rings (SSSR count). The largest absolute Gasteiger partial charge is 0.398 e. The van der Waals surface area contributed by atoms with Gasteiger partial charge in [0.15, 0.2) is 17.0 Å². The van der Waals surface area contributed by atoms with Gasteiger partial charge in [0, 0.05) is 17.4 Å². The molecule has 0 radical (unpaired) electrons. The maximum Gasteiger partial charge on any atom is 0.227 e. The van der Waals surface area contributed by atoms with E-state index >= 15 is 0 Å². The van der Waals surface area contributed by atoms with Crippen LogP contribution in [0.15, 0.2) is 24.5 Å². The van der Waals surface area contributed by atoms with Gasteiger partial charge in [-0.2, -0.15) is 9.97 Å². The summed E-state index contributed by atoms with van der Waals surface area (Å²) in [6, 6.07) is 5.85. The van der Waals surface area contributed by atoms with E-state index in [1.54, 1.807) is 6.33 Å². The second-order valence-corrected chi connectivity index (χ2v) is 7.69. The molecule has 0 amide bonds. The summed E-state index contributed by atoms with van der Waals surface area (Å²) in [5.74, 6) is 1.27. The highest BCUT2D eigenvalue weighted by atomic mass is 16.3. The summed E-state index contributed by atoms with van der Waals surface area (Å²) in [6.45, 7) is 10.2. The zero-order chi connectivity index (χ0) is 20.4. The molecule has 0 aliphatic heterocycles. The number of nitrogens with zero attached hydrogens (tertiary/aromatic N) is 4. The first-order valence-corrected chi connectivity index (χ1v) is 9.55. The van der Waals surface area contributed by atoms with E-state index in [1.807, 2.05) is 43.5 Å². The lowest BCUT2D eigenvalue weighted by molar-refractivity contribution is 0.248. The molecular weight excluding hydrogens is 354 g/mol. The van der Waals surface area contributed by atoms with E-state index < -0.39 is 0 Å². The Kier molecular flexibility index (Phi) is 5.69. The second-order valence-electron chi connectivity index (χ2n) is 7.69. The smallest absolute Gasteiger partial charge is 0.227 e. The lowest BCUT2D eigenvalue weighted by Gasteiger charge is -2.20. The molecule has 1 unspecified atom stereocenters. The molecule has 3 aromatic rings. The standard InChI is InChI=1S/C20H29N7O/c1-11(2)16(9-28)24-20-25-18(23-14-7-6-13(5)15(21)8-14)17-19(26-20)27(10-22-17)12(3)4/h6-8,10-12,16,28H,9,21H2,1-5H3,(H2,23,24,25,26). The number of aryl methyl sites for hydroxylation is 1. The van der Waals surface area contributed by atoms with E-state index in [0.29, 0.717) is 23.0 Å². The summed E-state index contributed by atoms with van der Waals surface area (Å²) in [5.41, 5.74) is 10.0. The van der Waals surface area contributed by atoms with Crippen molar-refractivity contribution in [2.45, 2.75) is 46.7 Å². The van der Waals surface area contributed by atoms with Crippen LogP contribution in [0, 0.1) is 12.8 Å². The number of imidazole rings is 1. The Morgan fingerprint density at radius 3 is 2.54 bits per heavy atom. The summed E-state index contributed by atoms with van der Waals surface area (Å²) in [5, 5.41) is 16.2. The third kappa shape index (κ3) is 4.01. The number of fused-ring (bicyclic) bond motifs is 1. The number of anilines is 4. The van der Waals surface area contributed by atoms with Gasteiger partial charge >= 0.3 is 0 Å². The molecule has 0 aliphatic carbocycles. The molecule has 8 heteroatoms. The van der Waals surface area contributed by atoms with E-state index in [-0.39, 0.29) is 24.6 Å². The number of nitrogen functional groups attached to an aromatic ring is 1. The van der Waals surface area contributed by atoms with Crippen molar-refractivity contribution in [3.8, 4) is 0 Å². The van der Waals surface area contributed by atoms with Crippen LogP contribution in [-0.4, -0.2) is 37.3 Å². The van der Waals surface area contributed by atoms with Crippen LogP contribution < -0.4 is 16.4 Å². The highest BCUT2D eigenvalue weighted by Gasteiger charge is 2.18. The van der Waals surface area contributed by atoms with Gasteiger partial charge in [-0.15, -0.1) is 0 Å². The maximum atomic E-state index is 9.67. The molecule has 2 heterocycles. The van der Waals surface area contributed by atoms with Gasteiger partial charge < -0.3 is 26.0 Å². The Morgan fingerprint density at radius 1 is 1.18 bits per heavy atom. The fourth-order valence-corrected chi connectivity index (χ4v) is 2.89. The van der Waals surface area contributed by atoms with Crippen molar-refractivity contribution in [2.75, 3.05) is 23.0 Å². The van der Waals surface area contributed by atoms with E-state index in [2.05, 4.69) is 39.4 Å². The van der Waals surface area contributed by atoms with E-state index in [4.69, 9.17) is 5.73 Å². The van der Waals surface area contributed by atoms with Crippen LogP contribution in [0.4, 0.5) is 23.1 Å². The van der Waals surface area contributed by atoms with Crippen LogP contribution in [0.3, 0.4) is 0 Å². The van der Waals surface area contributed by atoms with E-state index in [1.165, 1.54) is 0 Å². The molecule has 0 aliphatic rings. The Morgan fingerprint density at radius 2 is 1.93 bits per heavy atom. The fourth-order valence-electron chi connectivity index (χ4n) is 2.89. The Hall–Kier alpha value is -2.87. The number of rotatable bonds is 7. The quantitative estimate of drug-likeness (QED) is 0.462. The molecule has 0 saturated heterocycles. The number of hydrogen-bond acceptors (Lipinski definition) is 7. The second kappa shape index (κ2) is 8.02. The highest BCUT2D eigenvalue weighted by Crippen LogP contribution is 2.27. The van der Waals surface area contributed by atoms with Gasteiger partial charge in [0.05, 0.1) is 19.0 Å². The molecule has 1 atom stereocenters. The van der Waals surface area contributed by atoms with Gasteiger partial charge in [-0.3, -0.25) is 0 Å². The zero-order valence-electron chi connectivity index (χ0n) is 17.1. The number of aromatic nitrogens is 4. The fraction of sp³-hybridized carbons (Fsp3) is 0.450. The number of aliphatic hydroxyl groups excluding tert-OH is 1. The molecule has 8 nitrogen and oxygen atoms in total. The maximum absolute atomic E-state index is 9.67. The number of hydrogen-bond donors (Lipinski definition) is 4. The number of benzene rings is 1. The normalized spacial score (nSPS) is 12.7. The summed E-state index contributed by atoms with van der Waals surface area (Å²) in [7, 11) is 0. The van der Waals surface area contributed by atoms with Crippen molar-refractivity contribution in [3.63, 3.8) is 0 Å². The minimum atomic E-state index is -0.143. The Labute approximate surface area is 165 Å². The average molecular weight is 384 g/mol. The van der Waals surface area contributed by atoms with Gasteiger partial charge in [0.25, 0.3) is 0 Å². The number of nitrogens with two attached hydrogens (primary N) is 1. The van der Waals surface area contributed by atoms with E-state index in [0.717, 1.165) is 16.9 Å². The SMILES string of the molecule is Cc1ccc(Nc2nc(NC(CO)C(C)C)nc3c2ncn3C(C)C)cc1N. The molecule has 0 spiro atoms. The van der Waals surface area contributed by atoms with Crippen LogP contribution in [0.1, 0.15) is 39.3 Å². The third-order valence-corrected chi connectivity index (χ3v) is 4.84. The summed E-state index contributed by atoms with van der Waals surface area (Å²) >= 11 is 0. The monoisotopic (exact) mass is 383 g/mol. The van der Waals surface area contributed by atoms with Crippen LogP contribution in [0.25, 0.3) is 11.2 Å². The highest BCUT2D eigenvalue weighted by molar-refractivity contribution is 5.87. The molecule has 150 valence electrons. The predicted octanol–water partition coefficient (Wildman–Crippen LogP) is 3.47. The third-order valence-electron chi connectivity index (χ3n) is 4.84. The first-order valence-electron chi connectivity index (χ1n) is 9.55. The number of nitrogens with one attached hydrogen (secondary N) is 2. The van der Waals surface area contributed by atoms with Crippen LogP contribution in [-0.2, 0) is 0 Å². The first kappa shape index (κ1) is 19.9. The predicted molar refractivity (Wildman–Crippen MR) is 114 cm³/mol. The van der Waals surface area contributed by atoms with E-state index in [9.17, 15) is 5.11 Å². The van der Waals surface area contributed by atoms with Gasteiger partial charge in [-0.05, 0) is 44.4 Å². The Bertz CT molecular complexity index is 965. The lowest BCUT2D eigenvalue weighted by atomic mass is 10.1. The molecule has 0 fully saturated rings. The van der Waals surface area contributed by atoms with Crippen molar-refractivity contribution >= 4 is 34.3 Å². The van der Waals surface area contributed by atoms with Crippen molar-refractivity contribution in [3.05, 3.63) is 30.1 Å². The minimum absolute atomic E-state index is 0.000234. The van der Waals surface area contributed by atoms with Gasteiger partial charge in [0.2, 0.25) is 5.95 Å². The molecule has 28 heavy (non-hydrogen) atoms. The molecule has 5 N–H and O–H groups in total. The minimum Gasteiger partial charge on any atom is -0.398 e. The average Bonchev–Trinajstić information content (AvgIpc) is 3.07. The van der Waals surface area contributed by atoms with Crippen molar-refractivity contribution < 1.29 is 5.11 Å². The summed E-state index contributed by atoms with van der Waals surface area (Å²) in [4.78, 5) is 13.8. The van der Waals surface area contributed by atoms with Crippen LogP contribution >= 0.6 is 0 Å². The first-order chi connectivity index (χ1) is 13.3. The molecule has 1 aromatic carbocycles. The molecule has 0 saturated carbocycles. The Balaban J connectivity index is 2.07. The topological polar surface area (TPSA) is 114 Å². The van der Waals surface area contributed by atoms with Gasteiger partial charge in [0.1, 0.15) is 0 Å². The lowest BCUT2D eigenvalue weighted by Crippen LogP contribution is -2.30. The van der Waals surface area contributed by atoms with Gasteiger partial charge in [-0.25, -0.2) is 4.98 Å². The summed E-state index contributed by atoms with van der Waals surface area (Å²) in [6.07, 6.45) is 1.77. The number of aliphatic hydroxyl groups is 1. The van der Waals surface area contributed by atoms with Crippen LogP contribution in [0.5, 0.6) is 0 Å².